The first-order chi connectivity index (χ1) is 33.0. The molecule has 0 amide bonds. The van der Waals surface area contributed by atoms with Gasteiger partial charge in [0.15, 0.2) is 0 Å². The number of furan rings is 1. The number of aromatic nitrogens is 2. The summed E-state index contributed by atoms with van der Waals surface area (Å²) >= 11 is 1.95. The van der Waals surface area contributed by atoms with Gasteiger partial charge in [-0.1, -0.05) is 153 Å². The fourth-order valence-electron chi connectivity index (χ4n) is 11.8. The summed E-state index contributed by atoms with van der Waals surface area (Å²) in [6.07, 6.45) is 0. The van der Waals surface area contributed by atoms with Crippen molar-refractivity contribution < 1.29 is 4.42 Å². The van der Waals surface area contributed by atoms with Crippen molar-refractivity contribution in [3.8, 4) is 44.8 Å². The van der Waals surface area contributed by atoms with E-state index in [4.69, 9.17) is 4.42 Å². The Labute approximate surface area is 390 Å². The maximum atomic E-state index is 6.23. The molecule has 0 N–H and O–H groups in total. The molecule has 0 bridgehead atoms. The number of para-hydroxylation sites is 3. The topological polar surface area (TPSA) is 23.0 Å². The van der Waals surface area contributed by atoms with Crippen molar-refractivity contribution in [3.63, 3.8) is 0 Å². The summed E-state index contributed by atoms with van der Waals surface area (Å²) < 4.78 is 13.8. The first-order valence-corrected chi connectivity index (χ1v) is 24.0. The lowest BCUT2D eigenvalue weighted by Crippen LogP contribution is -2.14. The van der Waals surface area contributed by atoms with Crippen LogP contribution in [0.3, 0.4) is 0 Å². The van der Waals surface area contributed by atoms with Gasteiger partial charge in [0.05, 0.1) is 22.1 Å². The minimum absolute atomic E-state index is 0.0195. The molecule has 4 heterocycles. The van der Waals surface area contributed by atoms with E-state index in [0.29, 0.717) is 0 Å². The third-order valence-corrected chi connectivity index (χ3v) is 16.2. The molecule has 0 saturated heterocycles. The van der Waals surface area contributed by atoms with Crippen LogP contribution in [-0.2, 0) is 5.41 Å². The van der Waals surface area contributed by atoms with E-state index >= 15 is 0 Å². The predicted molar refractivity (Wildman–Crippen MR) is 284 cm³/mol. The molecular weight excluding hydrogens is 833 g/mol. The van der Waals surface area contributed by atoms with Gasteiger partial charge in [0.25, 0.3) is 0 Å². The van der Waals surface area contributed by atoms with E-state index in [-0.39, 0.29) is 5.41 Å². The predicted octanol–water partition coefficient (Wildman–Crippen LogP) is 17.8. The van der Waals surface area contributed by atoms with Crippen LogP contribution in [0.15, 0.2) is 211 Å². The molecule has 314 valence electrons. The van der Waals surface area contributed by atoms with Crippen LogP contribution in [-0.4, -0.2) is 9.13 Å². The molecular formula is C63H40N2OS. The van der Waals surface area contributed by atoms with E-state index in [9.17, 15) is 0 Å². The highest BCUT2D eigenvalue weighted by atomic mass is 32.1. The molecule has 0 radical (unpaired) electrons. The largest absolute Gasteiger partial charge is 0.456 e. The van der Waals surface area contributed by atoms with E-state index in [1.165, 1.54) is 108 Å². The van der Waals surface area contributed by atoms with Crippen LogP contribution in [0.5, 0.6) is 0 Å². The zero-order valence-electron chi connectivity index (χ0n) is 36.8. The van der Waals surface area contributed by atoms with Crippen molar-refractivity contribution in [3.05, 3.63) is 217 Å². The van der Waals surface area contributed by atoms with Gasteiger partial charge in [-0.05, 0) is 106 Å². The quantitative estimate of drug-likeness (QED) is 0.173. The first kappa shape index (κ1) is 37.1. The molecule has 0 unspecified atom stereocenters. The molecule has 10 aromatic carbocycles. The molecule has 1 aliphatic carbocycles. The molecule has 0 saturated carbocycles. The highest BCUT2D eigenvalue weighted by Gasteiger charge is 2.37. The van der Waals surface area contributed by atoms with Gasteiger partial charge in [0.2, 0.25) is 0 Å². The average Bonchev–Trinajstić information content (AvgIpc) is 4.17. The van der Waals surface area contributed by atoms with E-state index in [1.54, 1.807) is 0 Å². The molecule has 0 fully saturated rings. The van der Waals surface area contributed by atoms with E-state index in [2.05, 4.69) is 217 Å². The third kappa shape index (κ3) is 5.11. The summed E-state index contributed by atoms with van der Waals surface area (Å²) in [5, 5.41) is 9.89. The molecule has 1 aliphatic rings. The van der Waals surface area contributed by atoms with Gasteiger partial charge < -0.3 is 13.6 Å². The monoisotopic (exact) mass is 872 g/mol. The zero-order chi connectivity index (χ0) is 44.1. The van der Waals surface area contributed by atoms with Crippen molar-refractivity contribution in [2.45, 2.75) is 19.3 Å². The number of thiophene rings is 1. The van der Waals surface area contributed by atoms with Crippen LogP contribution in [0.4, 0.5) is 0 Å². The Bertz CT molecular complexity index is 4420. The van der Waals surface area contributed by atoms with E-state index in [1.807, 2.05) is 23.5 Å². The third-order valence-electron chi connectivity index (χ3n) is 14.9. The second kappa shape index (κ2) is 13.4. The van der Waals surface area contributed by atoms with Crippen LogP contribution in [0.2, 0.25) is 0 Å². The Morgan fingerprint density at radius 3 is 1.79 bits per heavy atom. The molecule has 14 aromatic rings. The summed E-state index contributed by atoms with van der Waals surface area (Å²) in [5.41, 5.74) is 19.3. The summed E-state index contributed by atoms with van der Waals surface area (Å²) in [5.74, 6) is 0. The molecule has 4 heteroatoms. The SMILES string of the molecule is CC1(C)c2ccccc2-c2c1ccc1c2sc2c(-c3ccc(-n4c5ccccc5c5cc(-c6ccc7c8ccccc8n(-c8ccc9oc%10ccccc%10c9c8)c7c6)ccc54)cc3)cccc21. The van der Waals surface area contributed by atoms with Gasteiger partial charge in [-0.25, -0.2) is 0 Å². The number of fused-ring (bicyclic) bond motifs is 16. The smallest absolute Gasteiger partial charge is 0.135 e. The normalized spacial score (nSPS) is 13.3. The van der Waals surface area contributed by atoms with Crippen molar-refractivity contribution >= 4 is 97.1 Å². The van der Waals surface area contributed by atoms with Gasteiger partial charge in [-0.3, -0.25) is 0 Å². The summed E-state index contributed by atoms with van der Waals surface area (Å²) in [7, 11) is 0. The Morgan fingerprint density at radius 1 is 0.358 bits per heavy atom. The fraction of sp³-hybridized carbons (Fsp3) is 0.0476. The molecule has 0 atom stereocenters. The lowest BCUT2D eigenvalue weighted by molar-refractivity contribution is 0.661. The van der Waals surface area contributed by atoms with Gasteiger partial charge in [-0.2, -0.15) is 0 Å². The Morgan fingerprint density at radius 2 is 0.940 bits per heavy atom. The number of hydrogen-bond donors (Lipinski definition) is 0. The summed E-state index contributed by atoms with van der Waals surface area (Å²) in [6, 6.07) is 76.2. The Hall–Kier alpha value is -8.18. The first-order valence-electron chi connectivity index (χ1n) is 23.2. The minimum atomic E-state index is -0.0195. The zero-order valence-corrected chi connectivity index (χ0v) is 37.7. The molecule has 15 rings (SSSR count). The van der Waals surface area contributed by atoms with Crippen molar-refractivity contribution in [1.82, 2.24) is 9.13 Å². The van der Waals surface area contributed by atoms with E-state index in [0.717, 1.165) is 33.3 Å². The molecule has 3 nitrogen and oxygen atoms in total. The minimum Gasteiger partial charge on any atom is -0.456 e. The molecule has 0 spiro atoms. The lowest BCUT2D eigenvalue weighted by Gasteiger charge is -2.21. The molecule has 0 aliphatic heterocycles. The maximum absolute atomic E-state index is 6.23. The van der Waals surface area contributed by atoms with Gasteiger partial charge in [0, 0.05) is 74.8 Å². The maximum Gasteiger partial charge on any atom is 0.135 e. The van der Waals surface area contributed by atoms with Gasteiger partial charge >= 0.3 is 0 Å². The van der Waals surface area contributed by atoms with Gasteiger partial charge in [-0.15, -0.1) is 11.3 Å². The lowest BCUT2D eigenvalue weighted by atomic mass is 9.82. The number of nitrogens with zero attached hydrogens (tertiary/aromatic N) is 2. The highest BCUT2D eigenvalue weighted by molar-refractivity contribution is 7.27. The summed E-state index contributed by atoms with van der Waals surface area (Å²) in [6.45, 7) is 4.74. The average molecular weight is 873 g/mol. The van der Waals surface area contributed by atoms with Gasteiger partial charge in [0.1, 0.15) is 11.2 Å². The second-order valence-electron chi connectivity index (χ2n) is 18.8. The Kier molecular flexibility index (Phi) is 7.44. The van der Waals surface area contributed by atoms with Crippen LogP contribution in [0.25, 0.3) is 130 Å². The van der Waals surface area contributed by atoms with Crippen molar-refractivity contribution in [2.24, 2.45) is 0 Å². The van der Waals surface area contributed by atoms with Crippen molar-refractivity contribution in [1.29, 1.82) is 0 Å². The number of rotatable bonds is 4. The number of benzene rings is 10. The summed E-state index contributed by atoms with van der Waals surface area (Å²) in [4.78, 5) is 0. The van der Waals surface area contributed by atoms with E-state index < -0.39 is 0 Å². The molecule has 67 heavy (non-hydrogen) atoms. The van der Waals surface area contributed by atoms with Crippen LogP contribution >= 0.6 is 11.3 Å². The standard InChI is InChI=1S/C63H40N2OS/c1-63(2)52-18-7-3-15-49(52)60-53(63)31-30-48-47-17-11-16-42(61(47)67-62(48)60)37-22-26-40(27-23-37)64-55-20-9-5-13-44(55)50-34-38(25-32-56(50)64)39-24-29-45-43-12-4-8-19-54(43)65(57(45)35-39)41-28-33-59-51(36-41)46-14-6-10-21-58(46)66-59/h3-36H,1-2H3. The second-order valence-corrected chi connectivity index (χ2v) is 19.8. The van der Waals surface area contributed by atoms with Crippen LogP contribution in [0, 0.1) is 0 Å². The Balaban J connectivity index is 0.840. The highest BCUT2D eigenvalue weighted by Crippen LogP contribution is 2.54. The van der Waals surface area contributed by atoms with Crippen LogP contribution in [0.1, 0.15) is 25.0 Å². The number of hydrogen-bond acceptors (Lipinski definition) is 2. The molecule has 4 aromatic heterocycles. The van der Waals surface area contributed by atoms with Crippen LogP contribution < -0.4 is 0 Å². The fourth-order valence-corrected chi connectivity index (χ4v) is 13.2. The van der Waals surface area contributed by atoms with Crippen molar-refractivity contribution in [2.75, 3.05) is 0 Å².